The topological polar surface area (TPSA) is 76.1 Å². The van der Waals surface area contributed by atoms with Crippen molar-refractivity contribution in [3.05, 3.63) is 29.1 Å². The molecule has 1 aromatic heterocycles. The van der Waals surface area contributed by atoms with Gasteiger partial charge in [0.15, 0.2) is 9.84 Å². The van der Waals surface area contributed by atoms with Gasteiger partial charge in [-0.05, 0) is 26.0 Å². The number of nitrogens with one attached hydrogen (secondary N) is 1. The van der Waals surface area contributed by atoms with Crippen LogP contribution in [0.1, 0.15) is 21.7 Å². The lowest BCUT2D eigenvalue weighted by molar-refractivity contribution is 0.0940. The molecule has 0 radical (unpaired) electrons. The van der Waals surface area contributed by atoms with Gasteiger partial charge in [0.1, 0.15) is 0 Å². The number of carbonyl (C=O) groups is 1. The van der Waals surface area contributed by atoms with Crippen LogP contribution in [0.3, 0.4) is 0 Å². The van der Waals surface area contributed by atoms with Crippen LogP contribution in [0.25, 0.3) is 0 Å². The van der Waals surface area contributed by atoms with Crippen molar-refractivity contribution in [1.82, 2.24) is 10.3 Å². The van der Waals surface area contributed by atoms with Gasteiger partial charge in [0.2, 0.25) is 0 Å². The fourth-order valence-corrected chi connectivity index (χ4v) is 4.66. The van der Waals surface area contributed by atoms with E-state index in [1.54, 1.807) is 19.1 Å². The molecular weight excluding hydrogens is 288 g/mol. The Bertz CT molecular complexity index is 615. The molecule has 7 heteroatoms. The van der Waals surface area contributed by atoms with Crippen molar-refractivity contribution in [3.8, 4) is 0 Å². The number of pyridine rings is 1. The van der Waals surface area contributed by atoms with E-state index < -0.39 is 21.3 Å². The van der Waals surface area contributed by atoms with Gasteiger partial charge in [0.05, 0.1) is 34.2 Å². The van der Waals surface area contributed by atoms with E-state index in [2.05, 4.69) is 10.3 Å². The number of alkyl halides is 1. The first-order valence-corrected chi connectivity index (χ1v) is 8.14. The van der Waals surface area contributed by atoms with Gasteiger partial charge in [0, 0.05) is 5.69 Å². The van der Waals surface area contributed by atoms with Crippen molar-refractivity contribution >= 4 is 27.3 Å². The number of rotatable bonds is 2. The van der Waals surface area contributed by atoms with Crippen molar-refractivity contribution in [3.63, 3.8) is 0 Å². The first-order chi connectivity index (χ1) is 8.78. The molecule has 19 heavy (non-hydrogen) atoms. The fraction of sp³-hybridized carbons (Fsp3) is 0.500. The monoisotopic (exact) mass is 302 g/mol. The Morgan fingerprint density at radius 1 is 1.37 bits per heavy atom. The third-order valence-corrected chi connectivity index (χ3v) is 5.44. The highest BCUT2D eigenvalue weighted by Gasteiger charge is 2.37. The summed E-state index contributed by atoms with van der Waals surface area (Å²) in [6.07, 6.45) is 0. The molecule has 0 saturated carbocycles. The number of amides is 1. The number of hydrogen-bond acceptors (Lipinski definition) is 4. The molecule has 1 N–H and O–H groups in total. The second kappa shape index (κ2) is 5.09. The summed E-state index contributed by atoms with van der Waals surface area (Å²) in [5.41, 5.74) is 1.89. The van der Waals surface area contributed by atoms with E-state index in [-0.39, 0.29) is 17.4 Å². The minimum absolute atomic E-state index is 0.0926. The Labute approximate surface area is 117 Å². The number of hydrogen-bond donors (Lipinski definition) is 1. The summed E-state index contributed by atoms with van der Waals surface area (Å²) < 4.78 is 22.9. The lowest BCUT2D eigenvalue weighted by Gasteiger charge is -2.15. The highest BCUT2D eigenvalue weighted by Crippen LogP contribution is 2.18. The molecule has 2 atom stereocenters. The molecule has 5 nitrogen and oxygen atoms in total. The predicted octanol–water partition coefficient (Wildman–Crippen LogP) is 0.833. The second-order valence-corrected chi connectivity index (χ2v) is 7.47. The van der Waals surface area contributed by atoms with Gasteiger partial charge in [-0.15, -0.1) is 11.6 Å². The van der Waals surface area contributed by atoms with Gasteiger partial charge in [-0.3, -0.25) is 9.78 Å². The zero-order valence-corrected chi connectivity index (χ0v) is 12.3. The van der Waals surface area contributed by atoms with Crippen LogP contribution in [0.15, 0.2) is 12.1 Å². The zero-order chi connectivity index (χ0) is 14.2. The van der Waals surface area contributed by atoms with Gasteiger partial charge in [-0.25, -0.2) is 8.42 Å². The van der Waals surface area contributed by atoms with Crippen LogP contribution in [0.2, 0.25) is 0 Å². The quantitative estimate of drug-likeness (QED) is 0.821. The van der Waals surface area contributed by atoms with E-state index in [1.807, 2.05) is 6.92 Å². The Kier molecular flexibility index (Phi) is 3.82. The third kappa shape index (κ3) is 3.25. The Hall–Kier alpha value is -1.14. The second-order valence-electron chi connectivity index (χ2n) is 4.76. The van der Waals surface area contributed by atoms with Crippen molar-refractivity contribution in [1.29, 1.82) is 0 Å². The Morgan fingerprint density at radius 3 is 2.58 bits per heavy atom. The van der Waals surface area contributed by atoms with Gasteiger partial charge in [-0.2, -0.15) is 0 Å². The maximum Gasteiger partial charge on any atom is 0.253 e. The molecule has 0 aromatic carbocycles. The summed E-state index contributed by atoms with van der Waals surface area (Å²) in [6.45, 7) is 3.58. The normalized spacial score (nSPS) is 25.2. The molecule has 0 bridgehead atoms. The minimum Gasteiger partial charge on any atom is -0.347 e. The highest BCUT2D eigenvalue weighted by atomic mass is 35.5. The van der Waals surface area contributed by atoms with Gasteiger partial charge in [-0.1, -0.05) is 0 Å². The van der Waals surface area contributed by atoms with Crippen molar-refractivity contribution in [2.75, 3.05) is 11.5 Å². The third-order valence-electron chi connectivity index (χ3n) is 3.07. The molecule has 2 rings (SSSR count). The number of carbonyl (C=O) groups excluding carboxylic acids is 1. The summed E-state index contributed by atoms with van der Waals surface area (Å²) in [4.78, 5) is 16.3. The van der Waals surface area contributed by atoms with Gasteiger partial charge >= 0.3 is 0 Å². The molecule has 1 aliphatic heterocycles. The lowest BCUT2D eigenvalue weighted by atomic mass is 10.1. The Balaban J connectivity index is 2.14. The molecule has 0 spiro atoms. The maximum atomic E-state index is 12.1. The number of halogens is 1. The molecule has 2 heterocycles. The molecule has 0 aliphatic carbocycles. The highest BCUT2D eigenvalue weighted by molar-refractivity contribution is 7.91. The fourth-order valence-electron chi connectivity index (χ4n) is 2.11. The van der Waals surface area contributed by atoms with E-state index in [0.29, 0.717) is 11.3 Å². The molecule has 1 amide bonds. The predicted molar refractivity (Wildman–Crippen MR) is 73.3 cm³/mol. The number of nitrogens with zero attached hydrogens (tertiary/aromatic N) is 1. The van der Waals surface area contributed by atoms with Gasteiger partial charge < -0.3 is 5.32 Å². The first-order valence-electron chi connectivity index (χ1n) is 5.88. The average molecular weight is 303 g/mol. The van der Waals surface area contributed by atoms with Crippen LogP contribution < -0.4 is 5.32 Å². The van der Waals surface area contributed by atoms with E-state index in [0.717, 1.165) is 5.69 Å². The summed E-state index contributed by atoms with van der Waals surface area (Å²) in [5.74, 6) is -0.534. The van der Waals surface area contributed by atoms with E-state index in [9.17, 15) is 13.2 Å². The first kappa shape index (κ1) is 14.3. The molecule has 1 fully saturated rings. The molecule has 1 aliphatic rings. The average Bonchev–Trinajstić information content (AvgIpc) is 2.51. The van der Waals surface area contributed by atoms with Crippen LogP contribution in [0.5, 0.6) is 0 Å². The molecule has 1 saturated heterocycles. The maximum absolute atomic E-state index is 12.1. The van der Waals surface area contributed by atoms with Crippen molar-refractivity contribution in [2.24, 2.45) is 0 Å². The zero-order valence-electron chi connectivity index (χ0n) is 10.7. The number of sulfone groups is 1. The number of aromatic nitrogens is 1. The van der Waals surface area contributed by atoms with Crippen LogP contribution in [-0.2, 0) is 9.84 Å². The largest absolute Gasteiger partial charge is 0.347 e. The van der Waals surface area contributed by atoms with E-state index in [4.69, 9.17) is 11.6 Å². The standard InChI is InChI=1S/C12H15ClN2O3S/c1-7-3-4-9(8(2)14-7)12(16)15-11-6-19(17,18)5-10(11)13/h3-4,10-11H,5-6H2,1-2H3,(H,15,16). The van der Waals surface area contributed by atoms with E-state index >= 15 is 0 Å². The molecular formula is C12H15ClN2O3S. The smallest absolute Gasteiger partial charge is 0.253 e. The summed E-state index contributed by atoms with van der Waals surface area (Å²) >= 11 is 5.95. The summed E-state index contributed by atoms with van der Waals surface area (Å²) in [7, 11) is -3.15. The molecule has 2 unspecified atom stereocenters. The minimum atomic E-state index is -3.15. The lowest BCUT2D eigenvalue weighted by Crippen LogP contribution is -2.41. The van der Waals surface area contributed by atoms with Crippen LogP contribution in [-0.4, -0.2) is 42.2 Å². The van der Waals surface area contributed by atoms with Crippen LogP contribution >= 0.6 is 11.6 Å². The number of aryl methyl sites for hydroxylation is 2. The van der Waals surface area contributed by atoms with Gasteiger partial charge in [0.25, 0.3) is 5.91 Å². The Morgan fingerprint density at radius 2 is 2.05 bits per heavy atom. The van der Waals surface area contributed by atoms with E-state index in [1.165, 1.54) is 0 Å². The summed E-state index contributed by atoms with van der Waals surface area (Å²) in [6, 6.07) is 2.88. The SMILES string of the molecule is Cc1ccc(C(=O)NC2CS(=O)(=O)CC2Cl)c(C)n1. The van der Waals surface area contributed by atoms with Crippen molar-refractivity contribution in [2.45, 2.75) is 25.3 Å². The summed E-state index contributed by atoms with van der Waals surface area (Å²) in [5, 5.41) is 2.09. The molecule has 1 aromatic rings. The van der Waals surface area contributed by atoms with Crippen molar-refractivity contribution < 1.29 is 13.2 Å². The molecule has 104 valence electrons. The van der Waals surface area contributed by atoms with Crippen LogP contribution in [0.4, 0.5) is 0 Å². The van der Waals surface area contributed by atoms with Crippen LogP contribution in [0, 0.1) is 13.8 Å².